The Morgan fingerprint density at radius 1 is 1.50 bits per heavy atom. The molecule has 0 bridgehead atoms. The Balaban J connectivity index is 2.17. The molecule has 2 rings (SSSR count). The predicted molar refractivity (Wildman–Crippen MR) is 74.0 cm³/mol. The lowest BCUT2D eigenvalue weighted by Gasteiger charge is -2.37. The second-order valence-electron chi connectivity index (χ2n) is 6.77. The monoisotopic (exact) mass is 251 g/mol. The summed E-state index contributed by atoms with van der Waals surface area (Å²) in [6.45, 7) is 11.3. The number of hydroxylamine groups is 1. The van der Waals surface area contributed by atoms with E-state index in [1.165, 1.54) is 17.0 Å². The Labute approximate surface area is 111 Å². The van der Waals surface area contributed by atoms with E-state index in [-0.39, 0.29) is 5.54 Å². The van der Waals surface area contributed by atoms with E-state index in [2.05, 4.69) is 53.0 Å². The Kier molecular flexibility index (Phi) is 3.32. The fraction of sp³-hybridized carbons (Fsp3) is 0.733. The third kappa shape index (κ3) is 1.99. The lowest BCUT2D eigenvalue weighted by atomic mass is 9.84. The van der Waals surface area contributed by atoms with Crippen molar-refractivity contribution in [3.63, 3.8) is 0 Å². The van der Waals surface area contributed by atoms with Crippen molar-refractivity contribution in [2.45, 2.75) is 32.7 Å². The van der Waals surface area contributed by atoms with Gasteiger partial charge < -0.3 is 4.90 Å². The first-order chi connectivity index (χ1) is 8.34. The highest BCUT2D eigenvalue weighted by molar-refractivity contribution is 5.28. The van der Waals surface area contributed by atoms with Crippen LogP contribution < -0.4 is 10.4 Å². The van der Waals surface area contributed by atoms with Gasteiger partial charge in [0.2, 0.25) is 0 Å². The molecule has 2 N–H and O–H groups in total. The quantitative estimate of drug-likeness (QED) is 0.435. The summed E-state index contributed by atoms with van der Waals surface area (Å²) in [5.74, 6) is 1.53. The summed E-state index contributed by atoms with van der Waals surface area (Å²) in [6.07, 6.45) is 5.38. The van der Waals surface area contributed by atoms with Crippen molar-refractivity contribution in [3.8, 4) is 0 Å². The summed E-state index contributed by atoms with van der Waals surface area (Å²) in [5.41, 5.74) is 4.97. The van der Waals surface area contributed by atoms with Crippen molar-refractivity contribution in [1.82, 2.24) is 5.48 Å². The number of fused-ring (bicyclic) bond motifs is 1. The summed E-state index contributed by atoms with van der Waals surface area (Å²) in [5, 5.41) is 0. The summed E-state index contributed by atoms with van der Waals surface area (Å²) in [6, 6.07) is 0. The van der Waals surface area contributed by atoms with E-state index in [0.717, 1.165) is 5.92 Å². The van der Waals surface area contributed by atoms with Crippen molar-refractivity contribution in [3.05, 3.63) is 24.4 Å². The molecule has 0 aliphatic heterocycles. The van der Waals surface area contributed by atoms with Gasteiger partial charge in [-0.2, -0.15) is 0 Å². The maximum absolute atomic E-state index is 5.45. The van der Waals surface area contributed by atoms with Crippen LogP contribution in [0.3, 0.4) is 0 Å². The molecule has 18 heavy (non-hydrogen) atoms. The summed E-state index contributed by atoms with van der Waals surface area (Å²) < 4.78 is 0. The molecule has 0 aromatic carbocycles. The second-order valence-corrected chi connectivity index (χ2v) is 6.77. The fourth-order valence-corrected chi connectivity index (χ4v) is 3.22. The van der Waals surface area contributed by atoms with Crippen LogP contribution in [-0.2, 0) is 4.84 Å². The van der Waals surface area contributed by atoms with Crippen LogP contribution in [0.25, 0.3) is 0 Å². The molecule has 1 fully saturated rings. The van der Waals surface area contributed by atoms with Crippen LogP contribution in [-0.4, -0.2) is 26.2 Å². The molecule has 0 heterocycles. The highest BCUT2D eigenvalue weighted by Crippen LogP contribution is 2.64. The minimum Gasteiger partial charge on any atom is -0.330 e. The molecule has 3 heteroatoms. The number of rotatable bonds is 5. The highest BCUT2D eigenvalue weighted by atomic mass is 16.6. The Morgan fingerprint density at radius 3 is 2.72 bits per heavy atom. The zero-order valence-electron chi connectivity index (χ0n) is 12.3. The third-order valence-corrected chi connectivity index (χ3v) is 5.19. The van der Waals surface area contributed by atoms with E-state index in [4.69, 9.17) is 4.84 Å². The molecule has 0 radical (unpaired) electrons. The lowest BCUT2D eigenvalue weighted by molar-refractivity contribution is -0.908. The van der Waals surface area contributed by atoms with Gasteiger partial charge in [-0.05, 0) is 24.2 Å². The fourth-order valence-electron chi connectivity index (χ4n) is 3.22. The maximum atomic E-state index is 5.45. The molecule has 2 aliphatic carbocycles. The lowest BCUT2D eigenvalue weighted by Crippen LogP contribution is -3.15. The van der Waals surface area contributed by atoms with E-state index in [1.54, 1.807) is 6.08 Å². The largest absolute Gasteiger partial charge is 0.330 e. The van der Waals surface area contributed by atoms with Crippen molar-refractivity contribution in [2.75, 3.05) is 20.7 Å². The average molecular weight is 251 g/mol. The topological polar surface area (TPSA) is 25.7 Å². The molecule has 3 atom stereocenters. The first-order valence-corrected chi connectivity index (χ1v) is 6.85. The minimum absolute atomic E-state index is 0.121. The van der Waals surface area contributed by atoms with Gasteiger partial charge in [0.05, 0.1) is 26.4 Å². The van der Waals surface area contributed by atoms with Crippen LogP contribution in [0.4, 0.5) is 0 Å². The van der Waals surface area contributed by atoms with Crippen molar-refractivity contribution >= 4 is 0 Å². The highest BCUT2D eigenvalue weighted by Gasteiger charge is 2.63. The summed E-state index contributed by atoms with van der Waals surface area (Å²) >= 11 is 0. The molecule has 1 saturated carbocycles. The van der Waals surface area contributed by atoms with Crippen molar-refractivity contribution < 1.29 is 9.74 Å². The van der Waals surface area contributed by atoms with E-state index in [1.807, 2.05) is 0 Å². The number of nitrogens with one attached hydrogen (secondary N) is 2. The first kappa shape index (κ1) is 13.6. The Morgan fingerprint density at radius 2 is 2.17 bits per heavy atom. The zero-order valence-corrected chi connectivity index (χ0v) is 12.3. The van der Waals surface area contributed by atoms with Gasteiger partial charge in [-0.15, -0.1) is 6.58 Å². The molecule has 0 aromatic rings. The number of allylic oxidation sites excluding steroid dienone is 1. The second kappa shape index (κ2) is 4.39. The molecule has 0 aromatic heterocycles. The Hall–Kier alpha value is -0.800. The molecule has 0 spiro atoms. The van der Waals surface area contributed by atoms with Gasteiger partial charge in [0.1, 0.15) is 5.54 Å². The molecule has 0 unspecified atom stereocenters. The number of likely N-dealkylation sites (N-methyl/N-ethyl adjacent to an activating group) is 1. The maximum Gasteiger partial charge on any atom is 0.137 e. The van der Waals surface area contributed by atoms with Gasteiger partial charge in [-0.1, -0.05) is 26.0 Å². The minimum atomic E-state index is 0.121. The standard InChI is InChI=1S/C15H26N2O/c1-7-8-18-16-13-9-11-12(14(11,2)3)10-15(13,4)17(5)6/h7,9,11-12,16H,1,8,10H2,2-6H3/p+1/t11-,12+,15-/m1/s1. The number of quaternary nitrogens is 1. The van der Waals surface area contributed by atoms with Crippen LogP contribution in [0, 0.1) is 17.3 Å². The SMILES string of the molecule is C=CCONC1=C[C@@H]2[C@H](C[C@@]1(C)[NH+](C)C)C2(C)C. The van der Waals surface area contributed by atoms with E-state index in [9.17, 15) is 0 Å². The molecule has 2 aliphatic rings. The van der Waals surface area contributed by atoms with Gasteiger partial charge in [0.15, 0.2) is 0 Å². The van der Waals surface area contributed by atoms with Crippen LogP contribution in [0.5, 0.6) is 0 Å². The van der Waals surface area contributed by atoms with E-state index >= 15 is 0 Å². The third-order valence-electron chi connectivity index (χ3n) is 5.19. The Bertz CT molecular complexity index is 373. The average Bonchev–Trinajstić information content (AvgIpc) is 2.80. The predicted octanol–water partition coefficient (Wildman–Crippen LogP) is 1.16. The van der Waals surface area contributed by atoms with Gasteiger partial charge in [0, 0.05) is 6.42 Å². The van der Waals surface area contributed by atoms with Crippen molar-refractivity contribution in [1.29, 1.82) is 0 Å². The van der Waals surface area contributed by atoms with Gasteiger partial charge >= 0.3 is 0 Å². The smallest absolute Gasteiger partial charge is 0.137 e. The van der Waals surface area contributed by atoms with Gasteiger partial charge in [0.25, 0.3) is 0 Å². The van der Waals surface area contributed by atoms with Gasteiger partial charge in [-0.25, -0.2) is 0 Å². The first-order valence-electron chi connectivity index (χ1n) is 6.85. The van der Waals surface area contributed by atoms with E-state index < -0.39 is 0 Å². The number of hydrogen-bond donors (Lipinski definition) is 2. The van der Waals surface area contributed by atoms with Crippen LogP contribution in [0.2, 0.25) is 0 Å². The van der Waals surface area contributed by atoms with Crippen LogP contribution >= 0.6 is 0 Å². The van der Waals surface area contributed by atoms with Crippen LogP contribution in [0.15, 0.2) is 24.4 Å². The zero-order chi connectivity index (χ0) is 13.6. The molecule has 0 saturated heterocycles. The molecule has 3 nitrogen and oxygen atoms in total. The summed E-state index contributed by atoms with van der Waals surface area (Å²) in [7, 11) is 4.44. The summed E-state index contributed by atoms with van der Waals surface area (Å²) in [4.78, 5) is 6.90. The number of hydrogen-bond acceptors (Lipinski definition) is 2. The molecule has 0 amide bonds. The molecule has 102 valence electrons. The van der Waals surface area contributed by atoms with Gasteiger partial charge in [-0.3, -0.25) is 10.3 Å². The normalized spacial score (nSPS) is 36.9. The van der Waals surface area contributed by atoms with E-state index in [0.29, 0.717) is 17.9 Å². The molecular formula is C15H27N2O+. The molecular weight excluding hydrogens is 224 g/mol. The van der Waals surface area contributed by atoms with Crippen LogP contribution in [0.1, 0.15) is 27.2 Å². The van der Waals surface area contributed by atoms with Crippen molar-refractivity contribution in [2.24, 2.45) is 17.3 Å².